The molecule has 0 amide bonds. The van der Waals surface area contributed by atoms with Crippen LogP contribution in [0.2, 0.25) is 0 Å². The van der Waals surface area contributed by atoms with Crippen molar-refractivity contribution in [3.8, 4) is 16.9 Å². The van der Waals surface area contributed by atoms with Gasteiger partial charge in [-0.3, -0.25) is 4.98 Å². The number of rotatable bonds is 6. The molecule has 0 aliphatic rings. The molecule has 1 heterocycles. The van der Waals surface area contributed by atoms with Gasteiger partial charge in [0.25, 0.3) is 0 Å². The topological polar surface area (TPSA) is 126 Å². The molecule has 0 radical (unpaired) electrons. The van der Waals surface area contributed by atoms with E-state index in [0.29, 0.717) is 34.5 Å². The second-order valence-electron chi connectivity index (χ2n) is 6.33. The van der Waals surface area contributed by atoms with Gasteiger partial charge in [0.05, 0.1) is 17.2 Å². The molecule has 1 aromatic heterocycles. The number of primary sulfonamides is 1. The van der Waals surface area contributed by atoms with E-state index in [-0.39, 0.29) is 17.3 Å². The van der Waals surface area contributed by atoms with Crippen LogP contribution in [0.5, 0.6) is 5.75 Å². The molecule has 7 nitrogen and oxygen atoms in total. The number of nitrogens with zero attached hydrogens (tertiary/aromatic N) is 1. The molecular weight excluding hydrogens is 378 g/mol. The zero-order chi connectivity index (χ0) is 20.3. The number of nitrogens with one attached hydrogen (secondary N) is 1. The summed E-state index contributed by atoms with van der Waals surface area (Å²) in [5, 5.41) is 28.1. The highest BCUT2D eigenvalue weighted by Crippen LogP contribution is 2.28. The number of aromatic hydroxyl groups is 1. The lowest BCUT2D eigenvalue weighted by atomic mass is 10.0. The normalized spacial score (nSPS) is 11.4. The average Bonchev–Trinajstić information content (AvgIpc) is 2.69. The third-order valence-corrected chi connectivity index (χ3v) is 5.43. The molecule has 146 valence electrons. The van der Waals surface area contributed by atoms with Crippen LogP contribution < -0.4 is 10.5 Å². The molecule has 0 spiro atoms. The fraction of sp³-hybridized carbons (Fsp3) is 0.150. The minimum Gasteiger partial charge on any atom is -0.506 e. The fourth-order valence-corrected chi connectivity index (χ4v) is 3.69. The van der Waals surface area contributed by atoms with Gasteiger partial charge in [-0.25, -0.2) is 13.6 Å². The number of aryl methyl sites for hydroxylation is 1. The highest BCUT2D eigenvalue weighted by molar-refractivity contribution is 7.89. The summed E-state index contributed by atoms with van der Waals surface area (Å²) in [6, 6.07) is 13.7. The molecule has 3 aromatic rings. The van der Waals surface area contributed by atoms with E-state index in [1.165, 1.54) is 6.07 Å². The smallest absolute Gasteiger partial charge is 0.238 e. The molecular formula is C20H21N3O4S. The summed E-state index contributed by atoms with van der Waals surface area (Å²) >= 11 is 0. The minimum atomic E-state index is -3.83. The largest absolute Gasteiger partial charge is 0.506 e. The van der Waals surface area contributed by atoms with Crippen LogP contribution in [0.25, 0.3) is 11.1 Å². The second kappa shape index (κ2) is 7.97. The Bertz CT molecular complexity index is 1100. The Morgan fingerprint density at radius 2 is 1.79 bits per heavy atom. The van der Waals surface area contributed by atoms with Gasteiger partial charge in [0.2, 0.25) is 10.0 Å². The second-order valence-corrected chi connectivity index (χ2v) is 7.86. The molecule has 8 heteroatoms. The Morgan fingerprint density at radius 1 is 1.11 bits per heavy atom. The van der Waals surface area contributed by atoms with Gasteiger partial charge < -0.3 is 15.5 Å². The van der Waals surface area contributed by atoms with E-state index in [1.54, 1.807) is 55.6 Å². The van der Waals surface area contributed by atoms with Crippen molar-refractivity contribution < 1.29 is 18.6 Å². The van der Waals surface area contributed by atoms with Gasteiger partial charge in [0, 0.05) is 35.1 Å². The Labute approximate surface area is 163 Å². The van der Waals surface area contributed by atoms with Crippen molar-refractivity contribution in [3.05, 3.63) is 71.5 Å². The molecule has 0 atom stereocenters. The van der Waals surface area contributed by atoms with Crippen LogP contribution in [-0.2, 0) is 23.2 Å². The minimum absolute atomic E-state index is 0.0535. The number of sulfonamides is 1. The number of nitrogens with two attached hydrogens (primary N) is 1. The Hall–Kier alpha value is -2.94. The monoisotopic (exact) mass is 399 g/mol. The van der Waals surface area contributed by atoms with Gasteiger partial charge in [-0.1, -0.05) is 30.3 Å². The van der Waals surface area contributed by atoms with E-state index >= 15 is 0 Å². The Kier molecular flexibility index (Phi) is 5.64. The first-order valence-electron chi connectivity index (χ1n) is 8.54. The number of aromatic nitrogens is 1. The first-order valence-corrected chi connectivity index (χ1v) is 10.1. The van der Waals surface area contributed by atoms with Crippen molar-refractivity contribution in [2.24, 2.45) is 5.14 Å². The number of aliphatic hydroxyl groups excluding tert-OH is 1. The van der Waals surface area contributed by atoms with Crippen LogP contribution in [-0.4, -0.2) is 23.6 Å². The van der Waals surface area contributed by atoms with Crippen LogP contribution in [0, 0.1) is 6.92 Å². The SMILES string of the molecule is Cc1ncc(CO)c(CNc2ccc(-c3ccccc3S(N)(=O)=O)cc2)c1O. The lowest BCUT2D eigenvalue weighted by Crippen LogP contribution is -2.13. The van der Waals surface area contributed by atoms with E-state index in [9.17, 15) is 18.6 Å². The highest BCUT2D eigenvalue weighted by atomic mass is 32.2. The maximum atomic E-state index is 11.8. The van der Waals surface area contributed by atoms with E-state index in [1.807, 2.05) is 0 Å². The molecule has 28 heavy (non-hydrogen) atoms. The van der Waals surface area contributed by atoms with E-state index < -0.39 is 10.0 Å². The molecule has 0 aliphatic heterocycles. The molecule has 0 unspecified atom stereocenters. The van der Waals surface area contributed by atoms with Gasteiger partial charge in [0.15, 0.2) is 0 Å². The van der Waals surface area contributed by atoms with Crippen LogP contribution in [0.15, 0.2) is 59.6 Å². The summed E-state index contributed by atoms with van der Waals surface area (Å²) < 4.78 is 23.6. The van der Waals surface area contributed by atoms with Crippen molar-refractivity contribution in [2.75, 3.05) is 5.32 Å². The summed E-state index contributed by atoms with van der Waals surface area (Å²) in [5.41, 5.74) is 3.64. The summed E-state index contributed by atoms with van der Waals surface area (Å²) in [4.78, 5) is 4.11. The van der Waals surface area contributed by atoms with Crippen molar-refractivity contribution in [3.63, 3.8) is 0 Å². The third-order valence-electron chi connectivity index (χ3n) is 4.46. The molecule has 0 fully saturated rings. The molecule has 0 saturated heterocycles. The molecule has 3 rings (SSSR count). The van der Waals surface area contributed by atoms with Gasteiger partial charge >= 0.3 is 0 Å². The number of pyridine rings is 1. The maximum absolute atomic E-state index is 11.8. The zero-order valence-electron chi connectivity index (χ0n) is 15.3. The van der Waals surface area contributed by atoms with Crippen molar-refractivity contribution >= 4 is 15.7 Å². The quantitative estimate of drug-likeness (QED) is 0.505. The van der Waals surface area contributed by atoms with Crippen LogP contribution in [0.1, 0.15) is 16.8 Å². The number of aliphatic hydroxyl groups is 1. The Balaban J connectivity index is 1.83. The summed E-state index contributed by atoms with van der Waals surface area (Å²) in [5.74, 6) is 0.0535. The first kappa shape index (κ1) is 19.8. The predicted molar refractivity (Wildman–Crippen MR) is 107 cm³/mol. The molecule has 2 aromatic carbocycles. The van der Waals surface area contributed by atoms with E-state index in [4.69, 9.17) is 5.14 Å². The standard InChI is InChI=1S/C20H21N3O4S/c1-13-20(25)18(15(12-24)10-22-13)11-23-16-8-6-14(7-9-16)17-4-2-3-5-19(17)28(21,26)27/h2-10,23-25H,11-12H2,1H3,(H2,21,26,27). The van der Waals surface area contributed by atoms with E-state index in [0.717, 1.165) is 5.69 Å². The maximum Gasteiger partial charge on any atom is 0.238 e. The lowest BCUT2D eigenvalue weighted by molar-refractivity contribution is 0.279. The first-order chi connectivity index (χ1) is 13.3. The molecule has 0 aliphatic carbocycles. The highest BCUT2D eigenvalue weighted by Gasteiger charge is 2.15. The fourth-order valence-electron chi connectivity index (χ4n) is 2.93. The zero-order valence-corrected chi connectivity index (χ0v) is 16.1. The number of hydrogen-bond donors (Lipinski definition) is 4. The molecule has 5 N–H and O–H groups in total. The van der Waals surface area contributed by atoms with Crippen LogP contribution in [0.4, 0.5) is 5.69 Å². The van der Waals surface area contributed by atoms with E-state index in [2.05, 4.69) is 10.3 Å². The van der Waals surface area contributed by atoms with Crippen molar-refractivity contribution in [1.29, 1.82) is 0 Å². The summed E-state index contributed by atoms with van der Waals surface area (Å²) in [7, 11) is -3.83. The summed E-state index contributed by atoms with van der Waals surface area (Å²) in [6.07, 6.45) is 1.54. The van der Waals surface area contributed by atoms with Gasteiger partial charge in [-0.15, -0.1) is 0 Å². The van der Waals surface area contributed by atoms with Gasteiger partial charge in [0.1, 0.15) is 5.75 Å². The van der Waals surface area contributed by atoms with Crippen molar-refractivity contribution in [2.45, 2.75) is 25.0 Å². The molecule has 0 saturated carbocycles. The number of hydrogen-bond acceptors (Lipinski definition) is 6. The van der Waals surface area contributed by atoms with Crippen LogP contribution in [0.3, 0.4) is 0 Å². The van der Waals surface area contributed by atoms with Crippen LogP contribution >= 0.6 is 0 Å². The third kappa shape index (κ3) is 4.14. The van der Waals surface area contributed by atoms with Gasteiger partial charge in [-0.05, 0) is 30.7 Å². The lowest BCUT2D eigenvalue weighted by Gasteiger charge is -2.14. The Morgan fingerprint density at radius 3 is 2.43 bits per heavy atom. The van der Waals surface area contributed by atoms with Gasteiger partial charge in [-0.2, -0.15) is 0 Å². The average molecular weight is 399 g/mol. The van der Waals surface area contributed by atoms with Crippen molar-refractivity contribution in [1.82, 2.24) is 4.98 Å². The number of anilines is 1. The summed E-state index contributed by atoms with van der Waals surface area (Å²) in [6.45, 7) is 1.77. The molecule has 0 bridgehead atoms. The predicted octanol–water partition coefficient (Wildman–Crippen LogP) is 2.51. The number of benzene rings is 2.